The normalized spacial score (nSPS) is 10.7. The van der Waals surface area contributed by atoms with E-state index in [-0.39, 0.29) is 5.91 Å². The lowest BCUT2D eigenvalue weighted by atomic mass is 10.0. The summed E-state index contributed by atoms with van der Waals surface area (Å²) in [6.45, 7) is 2.29. The van der Waals surface area contributed by atoms with Gasteiger partial charge in [-0.05, 0) is 60.5 Å². The van der Waals surface area contributed by atoms with Gasteiger partial charge in [0.05, 0.1) is 17.7 Å². The minimum Gasteiger partial charge on any atom is -0.462 e. The second-order valence-electron chi connectivity index (χ2n) is 7.23. The maximum atomic E-state index is 12.8. The Hall–Kier alpha value is -4.19. The Kier molecular flexibility index (Phi) is 6.12. The Bertz CT molecular complexity index is 1340. The number of hydrogen-bond donors (Lipinski definition) is 1. The summed E-state index contributed by atoms with van der Waals surface area (Å²) in [7, 11) is 0. The van der Waals surface area contributed by atoms with E-state index in [9.17, 15) is 14.4 Å². The van der Waals surface area contributed by atoms with Gasteiger partial charge >= 0.3 is 11.6 Å². The number of rotatable bonds is 6. The Morgan fingerprint density at radius 1 is 0.906 bits per heavy atom. The van der Waals surface area contributed by atoms with Gasteiger partial charge in [-0.3, -0.25) is 4.79 Å². The second kappa shape index (κ2) is 9.31. The van der Waals surface area contributed by atoms with E-state index in [1.165, 1.54) is 0 Å². The van der Waals surface area contributed by atoms with Crippen LogP contribution in [-0.4, -0.2) is 18.5 Å². The van der Waals surface area contributed by atoms with Crippen molar-refractivity contribution >= 4 is 28.5 Å². The van der Waals surface area contributed by atoms with Gasteiger partial charge in [-0.25, -0.2) is 9.59 Å². The van der Waals surface area contributed by atoms with Crippen LogP contribution in [0.5, 0.6) is 0 Å². The lowest BCUT2D eigenvalue weighted by Gasteiger charge is -2.08. The molecule has 1 heterocycles. The quantitative estimate of drug-likeness (QED) is 0.334. The molecular weight excluding hydrogens is 406 g/mol. The van der Waals surface area contributed by atoms with Gasteiger partial charge in [0.2, 0.25) is 0 Å². The Morgan fingerprint density at radius 2 is 1.69 bits per heavy atom. The fraction of sp³-hybridized carbons (Fsp3) is 0.115. The molecule has 0 spiro atoms. The monoisotopic (exact) mass is 427 g/mol. The molecule has 0 radical (unpaired) electrons. The zero-order valence-electron chi connectivity index (χ0n) is 17.5. The third-order valence-corrected chi connectivity index (χ3v) is 4.89. The van der Waals surface area contributed by atoms with Crippen molar-refractivity contribution in [3.05, 3.63) is 100 Å². The summed E-state index contributed by atoms with van der Waals surface area (Å²) < 4.78 is 10.5. The van der Waals surface area contributed by atoms with E-state index in [0.29, 0.717) is 40.1 Å². The summed E-state index contributed by atoms with van der Waals surface area (Å²) in [4.78, 5) is 37.1. The second-order valence-corrected chi connectivity index (χ2v) is 7.23. The topological polar surface area (TPSA) is 85.6 Å². The fourth-order valence-corrected chi connectivity index (χ4v) is 3.26. The van der Waals surface area contributed by atoms with E-state index in [1.807, 2.05) is 19.1 Å². The van der Waals surface area contributed by atoms with Crippen molar-refractivity contribution in [1.29, 1.82) is 0 Å². The number of amides is 1. The number of hydrogen-bond acceptors (Lipinski definition) is 5. The van der Waals surface area contributed by atoms with Crippen LogP contribution in [0.15, 0.2) is 88.1 Å². The first-order valence-corrected chi connectivity index (χ1v) is 10.3. The van der Waals surface area contributed by atoms with Crippen LogP contribution in [0.1, 0.15) is 34.1 Å². The molecule has 0 atom stereocenters. The van der Waals surface area contributed by atoms with Crippen molar-refractivity contribution in [2.45, 2.75) is 13.3 Å². The minimum atomic E-state index is -0.466. The number of esters is 1. The van der Waals surface area contributed by atoms with E-state index >= 15 is 0 Å². The van der Waals surface area contributed by atoms with E-state index in [1.54, 1.807) is 66.7 Å². The van der Waals surface area contributed by atoms with Gasteiger partial charge in [0.15, 0.2) is 0 Å². The number of fused-ring (bicyclic) bond motifs is 1. The molecule has 0 aliphatic carbocycles. The van der Waals surface area contributed by atoms with Gasteiger partial charge in [0.25, 0.3) is 5.91 Å². The van der Waals surface area contributed by atoms with E-state index in [4.69, 9.17) is 9.15 Å². The molecule has 0 fully saturated rings. The van der Waals surface area contributed by atoms with Crippen LogP contribution < -0.4 is 10.9 Å². The van der Waals surface area contributed by atoms with Crippen LogP contribution in [0.25, 0.3) is 22.1 Å². The predicted molar refractivity (Wildman–Crippen MR) is 123 cm³/mol. The van der Waals surface area contributed by atoms with Crippen LogP contribution in [0.4, 0.5) is 5.69 Å². The predicted octanol–water partition coefficient (Wildman–Crippen LogP) is 5.28. The first-order chi connectivity index (χ1) is 15.5. The molecule has 6 heteroatoms. The summed E-state index contributed by atoms with van der Waals surface area (Å²) >= 11 is 0. The molecule has 6 nitrogen and oxygen atoms in total. The first kappa shape index (κ1) is 21.1. The highest BCUT2D eigenvalue weighted by Gasteiger charge is 2.12. The Balaban J connectivity index is 1.54. The van der Waals surface area contributed by atoms with Crippen LogP contribution in [0.2, 0.25) is 0 Å². The summed E-state index contributed by atoms with van der Waals surface area (Å²) in [5.74, 6) is -0.731. The highest BCUT2D eigenvalue weighted by atomic mass is 16.5. The first-order valence-electron chi connectivity index (χ1n) is 10.3. The molecule has 1 N–H and O–H groups in total. The zero-order chi connectivity index (χ0) is 22.5. The van der Waals surface area contributed by atoms with E-state index in [2.05, 4.69) is 5.32 Å². The number of anilines is 1. The van der Waals surface area contributed by atoms with Crippen molar-refractivity contribution in [1.82, 2.24) is 0 Å². The van der Waals surface area contributed by atoms with Crippen LogP contribution in [-0.2, 0) is 4.74 Å². The van der Waals surface area contributed by atoms with Gasteiger partial charge in [-0.1, -0.05) is 37.3 Å². The van der Waals surface area contributed by atoms with E-state index < -0.39 is 11.6 Å². The molecule has 0 unspecified atom stereocenters. The maximum absolute atomic E-state index is 12.8. The SMILES string of the molecule is CCCOC(=O)c1ccc(NC(=O)c2cccc(-c3cc4ccccc4oc3=O)c2)cc1. The largest absolute Gasteiger partial charge is 0.462 e. The molecule has 4 aromatic rings. The lowest BCUT2D eigenvalue weighted by molar-refractivity contribution is 0.0505. The third kappa shape index (κ3) is 4.59. The number of nitrogens with one attached hydrogen (secondary N) is 1. The maximum Gasteiger partial charge on any atom is 0.344 e. The standard InChI is InChI=1S/C26H21NO5/c1-2-14-31-25(29)17-10-12-21(13-11-17)27-24(28)20-8-5-7-18(15-20)22-16-19-6-3-4-9-23(19)32-26(22)30/h3-13,15-16H,2,14H2,1H3,(H,27,28). The lowest BCUT2D eigenvalue weighted by Crippen LogP contribution is -2.13. The molecule has 1 aromatic heterocycles. The number of ether oxygens (including phenoxy) is 1. The average molecular weight is 427 g/mol. The van der Waals surface area contributed by atoms with Crippen LogP contribution in [0.3, 0.4) is 0 Å². The summed E-state index contributed by atoms with van der Waals surface area (Å²) in [6.07, 6.45) is 0.750. The van der Waals surface area contributed by atoms with Crippen molar-refractivity contribution < 1.29 is 18.7 Å². The van der Waals surface area contributed by atoms with Crippen molar-refractivity contribution in [3.8, 4) is 11.1 Å². The van der Waals surface area contributed by atoms with Gasteiger partial charge in [-0.15, -0.1) is 0 Å². The molecule has 0 saturated heterocycles. The van der Waals surface area contributed by atoms with E-state index in [0.717, 1.165) is 11.8 Å². The number of carbonyl (C=O) groups excluding carboxylic acids is 2. The van der Waals surface area contributed by atoms with Gasteiger partial charge in [0.1, 0.15) is 5.58 Å². The van der Waals surface area contributed by atoms with Gasteiger partial charge < -0.3 is 14.5 Å². The molecule has 3 aromatic carbocycles. The number of carbonyl (C=O) groups is 2. The summed E-state index contributed by atoms with van der Waals surface area (Å²) in [6, 6.07) is 22.3. The molecule has 4 rings (SSSR count). The highest BCUT2D eigenvalue weighted by Crippen LogP contribution is 2.22. The minimum absolute atomic E-state index is 0.335. The molecular formula is C26H21NO5. The molecule has 0 saturated carbocycles. The van der Waals surface area contributed by atoms with Crippen molar-refractivity contribution in [3.63, 3.8) is 0 Å². The summed E-state index contributed by atoms with van der Waals surface area (Å²) in [5.41, 5.74) is 2.36. The number of benzene rings is 3. The molecule has 0 aliphatic heterocycles. The Morgan fingerprint density at radius 3 is 2.47 bits per heavy atom. The van der Waals surface area contributed by atoms with Crippen molar-refractivity contribution in [2.24, 2.45) is 0 Å². The average Bonchev–Trinajstić information content (AvgIpc) is 2.82. The van der Waals surface area contributed by atoms with Gasteiger partial charge in [0, 0.05) is 16.6 Å². The zero-order valence-corrected chi connectivity index (χ0v) is 17.5. The molecule has 0 aliphatic rings. The fourth-order valence-electron chi connectivity index (χ4n) is 3.26. The molecule has 1 amide bonds. The smallest absolute Gasteiger partial charge is 0.344 e. The molecule has 32 heavy (non-hydrogen) atoms. The molecule has 0 bridgehead atoms. The molecule has 160 valence electrons. The highest BCUT2D eigenvalue weighted by molar-refractivity contribution is 6.05. The number of para-hydroxylation sites is 1. The third-order valence-electron chi connectivity index (χ3n) is 4.89. The Labute approximate surface area is 184 Å². The van der Waals surface area contributed by atoms with Gasteiger partial charge in [-0.2, -0.15) is 0 Å². The van der Waals surface area contributed by atoms with Crippen LogP contribution >= 0.6 is 0 Å². The van der Waals surface area contributed by atoms with Crippen LogP contribution in [0, 0.1) is 0 Å². The summed E-state index contributed by atoms with van der Waals surface area (Å²) in [5, 5.41) is 3.60. The van der Waals surface area contributed by atoms with Crippen molar-refractivity contribution in [2.75, 3.05) is 11.9 Å².